The molecule has 2 aliphatic heterocycles. The maximum Gasteiger partial charge on any atom is 0.229 e. The topological polar surface area (TPSA) is 61.4 Å². The third kappa shape index (κ3) is 2.11. The number of nitrogens with one attached hydrogen (secondary N) is 2. The van der Waals surface area contributed by atoms with Gasteiger partial charge in [0.25, 0.3) is 0 Å². The van der Waals surface area contributed by atoms with Gasteiger partial charge in [0, 0.05) is 26.7 Å². The van der Waals surface area contributed by atoms with E-state index in [4.69, 9.17) is 0 Å². The van der Waals surface area contributed by atoms with E-state index >= 15 is 0 Å². The molecule has 2 amide bonds. The minimum absolute atomic E-state index is 0.0347. The third-order valence-corrected chi connectivity index (χ3v) is 4.42. The van der Waals surface area contributed by atoms with Crippen LogP contribution in [0, 0.1) is 10.8 Å². The molecular formula is C13H23N3O2. The smallest absolute Gasteiger partial charge is 0.229 e. The van der Waals surface area contributed by atoms with Crippen LogP contribution in [0.4, 0.5) is 0 Å². The molecule has 0 aromatic carbocycles. The Balaban J connectivity index is 2.05. The van der Waals surface area contributed by atoms with Crippen LogP contribution in [0.1, 0.15) is 26.7 Å². The van der Waals surface area contributed by atoms with Crippen molar-refractivity contribution in [1.82, 2.24) is 15.5 Å². The van der Waals surface area contributed by atoms with Gasteiger partial charge >= 0.3 is 0 Å². The fourth-order valence-electron chi connectivity index (χ4n) is 3.00. The van der Waals surface area contributed by atoms with Crippen molar-refractivity contribution in [3.8, 4) is 0 Å². The quantitative estimate of drug-likeness (QED) is 0.726. The van der Waals surface area contributed by atoms with E-state index in [9.17, 15) is 9.59 Å². The highest BCUT2D eigenvalue weighted by molar-refractivity contribution is 5.87. The van der Waals surface area contributed by atoms with Gasteiger partial charge in [-0.1, -0.05) is 0 Å². The molecule has 0 aromatic rings. The first-order valence-corrected chi connectivity index (χ1v) is 6.64. The second kappa shape index (κ2) is 4.53. The first-order valence-electron chi connectivity index (χ1n) is 6.64. The molecular weight excluding hydrogens is 230 g/mol. The second-order valence-electron chi connectivity index (χ2n) is 6.10. The lowest BCUT2D eigenvalue weighted by Crippen LogP contribution is -2.45. The van der Waals surface area contributed by atoms with Crippen molar-refractivity contribution in [1.29, 1.82) is 0 Å². The number of amides is 2. The van der Waals surface area contributed by atoms with Crippen LogP contribution in [0.5, 0.6) is 0 Å². The fraction of sp³-hybridized carbons (Fsp3) is 0.846. The Kier molecular flexibility index (Phi) is 3.36. The van der Waals surface area contributed by atoms with Gasteiger partial charge in [-0.25, -0.2) is 0 Å². The number of carbonyl (C=O) groups excluding carboxylic acids is 2. The predicted octanol–water partition coefficient (Wildman–Crippen LogP) is -0.0294. The van der Waals surface area contributed by atoms with E-state index < -0.39 is 5.41 Å². The molecule has 0 spiro atoms. The Morgan fingerprint density at radius 3 is 2.50 bits per heavy atom. The van der Waals surface area contributed by atoms with E-state index in [1.165, 1.54) is 0 Å². The molecule has 2 saturated heterocycles. The Morgan fingerprint density at radius 1 is 1.22 bits per heavy atom. The van der Waals surface area contributed by atoms with Gasteiger partial charge in [0.15, 0.2) is 0 Å². The zero-order valence-electron chi connectivity index (χ0n) is 11.5. The Labute approximate surface area is 108 Å². The first-order chi connectivity index (χ1) is 8.41. The monoisotopic (exact) mass is 253 g/mol. The van der Waals surface area contributed by atoms with Crippen molar-refractivity contribution < 1.29 is 9.59 Å². The summed E-state index contributed by atoms with van der Waals surface area (Å²) in [5, 5.41) is 5.94. The summed E-state index contributed by atoms with van der Waals surface area (Å²) in [5.41, 5.74) is -0.708. The minimum Gasteiger partial charge on any atom is -0.359 e. The third-order valence-electron chi connectivity index (χ3n) is 4.42. The van der Waals surface area contributed by atoms with Crippen LogP contribution in [0.25, 0.3) is 0 Å². The number of rotatable bonds is 2. The molecule has 2 N–H and O–H groups in total. The standard InChI is InChI=1S/C13H23N3O2/c1-12(4-6-15-8-12)11(18)16-7-5-13(2,9-16)10(17)14-3/h15H,4-9H2,1-3H3,(H,14,17). The largest absolute Gasteiger partial charge is 0.359 e. The highest BCUT2D eigenvalue weighted by Crippen LogP contribution is 2.35. The normalized spacial score (nSPS) is 35.8. The summed E-state index contributed by atoms with van der Waals surface area (Å²) in [5.74, 6) is 0.229. The Morgan fingerprint density at radius 2 is 1.94 bits per heavy atom. The molecule has 2 atom stereocenters. The molecule has 5 nitrogen and oxygen atoms in total. The zero-order chi connectivity index (χ0) is 13.4. The first kappa shape index (κ1) is 13.3. The molecule has 2 fully saturated rings. The van der Waals surface area contributed by atoms with Crippen LogP contribution < -0.4 is 10.6 Å². The Bertz CT molecular complexity index is 363. The number of hydrogen-bond donors (Lipinski definition) is 2. The average molecular weight is 253 g/mol. The van der Waals surface area contributed by atoms with Gasteiger partial charge in [-0.05, 0) is 33.2 Å². The highest BCUT2D eigenvalue weighted by atomic mass is 16.2. The van der Waals surface area contributed by atoms with Crippen molar-refractivity contribution in [2.24, 2.45) is 10.8 Å². The van der Waals surface area contributed by atoms with Crippen molar-refractivity contribution in [3.63, 3.8) is 0 Å². The van der Waals surface area contributed by atoms with Crippen molar-refractivity contribution in [3.05, 3.63) is 0 Å². The number of carbonyl (C=O) groups is 2. The number of hydrogen-bond acceptors (Lipinski definition) is 3. The maximum absolute atomic E-state index is 12.5. The van der Waals surface area contributed by atoms with Crippen LogP contribution in [0.15, 0.2) is 0 Å². The van der Waals surface area contributed by atoms with E-state index in [-0.39, 0.29) is 17.2 Å². The van der Waals surface area contributed by atoms with Gasteiger partial charge in [0.05, 0.1) is 10.8 Å². The zero-order valence-corrected chi connectivity index (χ0v) is 11.5. The minimum atomic E-state index is -0.424. The van der Waals surface area contributed by atoms with E-state index in [0.29, 0.717) is 13.1 Å². The van der Waals surface area contributed by atoms with E-state index in [1.807, 2.05) is 18.7 Å². The number of likely N-dealkylation sites (tertiary alicyclic amines) is 1. The highest BCUT2D eigenvalue weighted by Gasteiger charge is 2.46. The average Bonchev–Trinajstić information content (AvgIpc) is 2.96. The van der Waals surface area contributed by atoms with Gasteiger partial charge < -0.3 is 15.5 Å². The SMILES string of the molecule is CNC(=O)C1(C)CCN(C(=O)C2(C)CCNC2)C1. The summed E-state index contributed by atoms with van der Waals surface area (Å²) < 4.78 is 0. The second-order valence-corrected chi connectivity index (χ2v) is 6.10. The molecule has 0 bridgehead atoms. The summed E-state index contributed by atoms with van der Waals surface area (Å²) in [7, 11) is 1.65. The van der Waals surface area contributed by atoms with E-state index in [0.717, 1.165) is 25.9 Å². The summed E-state index contributed by atoms with van der Waals surface area (Å²) in [4.78, 5) is 26.2. The molecule has 5 heteroatoms. The molecule has 18 heavy (non-hydrogen) atoms. The molecule has 2 heterocycles. The van der Waals surface area contributed by atoms with Gasteiger partial charge in [-0.2, -0.15) is 0 Å². The summed E-state index contributed by atoms with van der Waals surface area (Å²) >= 11 is 0. The van der Waals surface area contributed by atoms with Gasteiger partial charge in [-0.15, -0.1) is 0 Å². The predicted molar refractivity (Wildman–Crippen MR) is 69.0 cm³/mol. The number of nitrogens with zero attached hydrogens (tertiary/aromatic N) is 1. The summed E-state index contributed by atoms with van der Waals surface area (Å²) in [6.45, 7) is 6.85. The molecule has 0 aromatic heterocycles. The molecule has 2 unspecified atom stereocenters. The molecule has 2 aliphatic rings. The van der Waals surface area contributed by atoms with Gasteiger partial charge in [0.1, 0.15) is 0 Å². The van der Waals surface area contributed by atoms with Crippen LogP contribution in [0.2, 0.25) is 0 Å². The van der Waals surface area contributed by atoms with Crippen LogP contribution in [-0.4, -0.2) is 49.9 Å². The lowest BCUT2D eigenvalue weighted by Gasteiger charge is -2.29. The summed E-state index contributed by atoms with van der Waals surface area (Å²) in [6, 6.07) is 0. The molecule has 0 radical (unpaired) electrons. The molecule has 2 rings (SSSR count). The van der Waals surface area contributed by atoms with Gasteiger partial charge in [0.2, 0.25) is 11.8 Å². The lowest BCUT2D eigenvalue weighted by atomic mass is 9.87. The fourth-order valence-corrected chi connectivity index (χ4v) is 3.00. The van der Waals surface area contributed by atoms with Crippen LogP contribution in [-0.2, 0) is 9.59 Å². The van der Waals surface area contributed by atoms with E-state index in [2.05, 4.69) is 10.6 Å². The Hall–Kier alpha value is -1.10. The molecule has 102 valence electrons. The van der Waals surface area contributed by atoms with Gasteiger partial charge in [-0.3, -0.25) is 9.59 Å². The van der Waals surface area contributed by atoms with Crippen LogP contribution >= 0.6 is 0 Å². The molecule has 0 aliphatic carbocycles. The van der Waals surface area contributed by atoms with Crippen molar-refractivity contribution >= 4 is 11.8 Å². The van der Waals surface area contributed by atoms with Crippen molar-refractivity contribution in [2.75, 3.05) is 33.2 Å². The lowest BCUT2D eigenvalue weighted by molar-refractivity contribution is -0.140. The summed E-state index contributed by atoms with van der Waals surface area (Å²) in [6.07, 6.45) is 1.64. The molecule has 0 saturated carbocycles. The van der Waals surface area contributed by atoms with Crippen molar-refractivity contribution in [2.45, 2.75) is 26.7 Å². The van der Waals surface area contributed by atoms with E-state index in [1.54, 1.807) is 7.05 Å². The maximum atomic E-state index is 12.5. The van der Waals surface area contributed by atoms with Crippen LogP contribution in [0.3, 0.4) is 0 Å².